The van der Waals surface area contributed by atoms with E-state index in [4.69, 9.17) is 5.73 Å². The van der Waals surface area contributed by atoms with Gasteiger partial charge in [0.05, 0.1) is 0 Å². The molecule has 0 bridgehead atoms. The van der Waals surface area contributed by atoms with Crippen LogP contribution < -0.4 is 5.73 Å². The molecule has 1 atom stereocenters. The molecule has 13 heavy (non-hydrogen) atoms. The lowest BCUT2D eigenvalue weighted by atomic mass is 9.98. The van der Waals surface area contributed by atoms with E-state index in [1.807, 2.05) is 19.1 Å². The van der Waals surface area contributed by atoms with Crippen LogP contribution in [0.4, 0.5) is 0 Å². The molecule has 0 radical (unpaired) electrons. The van der Waals surface area contributed by atoms with Gasteiger partial charge in [0.25, 0.3) is 0 Å². The predicted octanol–water partition coefficient (Wildman–Crippen LogP) is 2.50. The predicted molar refractivity (Wildman–Crippen MR) is 54.7 cm³/mol. The molecule has 2 nitrogen and oxygen atoms in total. The lowest BCUT2D eigenvalue weighted by molar-refractivity contribution is 0.468. The number of rotatable bonds is 3. The largest absolute Gasteiger partial charge is 0.508 e. The second-order valence-electron chi connectivity index (χ2n) is 3.39. The molecule has 72 valence electrons. The van der Waals surface area contributed by atoms with Crippen LogP contribution >= 0.6 is 0 Å². The van der Waals surface area contributed by atoms with Crippen LogP contribution in [-0.2, 0) is 0 Å². The first-order chi connectivity index (χ1) is 6.16. The van der Waals surface area contributed by atoms with Gasteiger partial charge in [0.2, 0.25) is 0 Å². The van der Waals surface area contributed by atoms with Gasteiger partial charge in [-0.3, -0.25) is 0 Å². The van der Waals surface area contributed by atoms with Gasteiger partial charge in [-0.1, -0.05) is 25.5 Å². The van der Waals surface area contributed by atoms with Crippen molar-refractivity contribution >= 4 is 0 Å². The van der Waals surface area contributed by atoms with E-state index in [-0.39, 0.29) is 6.04 Å². The Hall–Kier alpha value is -1.02. The zero-order valence-electron chi connectivity index (χ0n) is 8.25. The number of benzene rings is 1. The molecule has 1 aromatic carbocycles. The molecule has 1 aromatic rings. The van der Waals surface area contributed by atoms with Crippen LogP contribution in [0.1, 0.15) is 36.9 Å². The Morgan fingerprint density at radius 1 is 1.46 bits per heavy atom. The first-order valence-corrected chi connectivity index (χ1v) is 4.70. The summed E-state index contributed by atoms with van der Waals surface area (Å²) in [6, 6.07) is 5.57. The van der Waals surface area contributed by atoms with E-state index >= 15 is 0 Å². The molecule has 2 heteroatoms. The van der Waals surface area contributed by atoms with Gasteiger partial charge in [0.15, 0.2) is 0 Å². The maximum atomic E-state index is 9.46. The third kappa shape index (κ3) is 2.22. The molecule has 0 saturated heterocycles. The summed E-state index contributed by atoms with van der Waals surface area (Å²) in [6.07, 6.45) is 2.03. The molecule has 1 unspecified atom stereocenters. The molecule has 0 aliphatic heterocycles. The molecule has 0 heterocycles. The molecule has 0 saturated carbocycles. The number of phenols is 1. The van der Waals surface area contributed by atoms with E-state index in [1.54, 1.807) is 6.07 Å². The summed E-state index contributed by atoms with van der Waals surface area (Å²) in [5.41, 5.74) is 7.93. The molecule has 0 aromatic heterocycles. The summed E-state index contributed by atoms with van der Waals surface area (Å²) in [5, 5.41) is 9.46. The molecule has 1 rings (SSSR count). The minimum Gasteiger partial charge on any atom is -0.508 e. The fourth-order valence-electron chi connectivity index (χ4n) is 1.51. The van der Waals surface area contributed by atoms with Gasteiger partial charge in [-0.25, -0.2) is 0 Å². The van der Waals surface area contributed by atoms with Crippen molar-refractivity contribution in [2.24, 2.45) is 5.73 Å². The Bertz CT molecular complexity index is 283. The second-order valence-corrected chi connectivity index (χ2v) is 3.39. The molecular weight excluding hydrogens is 162 g/mol. The van der Waals surface area contributed by atoms with E-state index in [9.17, 15) is 5.11 Å². The highest BCUT2D eigenvalue weighted by atomic mass is 16.3. The monoisotopic (exact) mass is 179 g/mol. The zero-order valence-corrected chi connectivity index (χ0v) is 8.25. The first kappa shape index (κ1) is 10.1. The molecule has 0 amide bonds. The SMILES string of the molecule is CCCC(N)c1cccc(O)c1C. The van der Waals surface area contributed by atoms with Crippen molar-refractivity contribution in [3.8, 4) is 5.75 Å². The summed E-state index contributed by atoms with van der Waals surface area (Å²) in [5.74, 6) is 0.337. The topological polar surface area (TPSA) is 46.2 Å². The number of hydrogen-bond donors (Lipinski definition) is 2. The van der Waals surface area contributed by atoms with Crippen molar-refractivity contribution in [1.82, 2.24) is 0 Å². The minimum absolute atomic E-state index is 0.0529. The van der Waals surface area contributed by atoms with Crippen molar-refractivity contribution in [2.45, 2.75) is 32.7 Å². The lowest BCUT2D eigenvalue weighted by Gasteiger charge is -2.14. The number of nitrogens with two attached hydrogens (primary N) is 1. The maximum absolute atomic E-state index is 9.46. The number of aromatic hydroxyl groups is 1. The van der Waals surface area contributed by atoms with Gasteiger partial charge < -0.3 is 10.8 Å². The number of hydrogen-bond acceptors (Lipinski definition) is 2. The minimum atomic E-state index is 0.0529. The highest BCUT2D eigenvalue weighted by Crippen LogP contribution is 2.25. The van der Waals surface area contributed by atoms with Gasteiger partial charge in [-0.15, -0.1) is 0 Å². The summed E-state index contributed by atoms with van der Waals surface area (Å²) >= 11 is 0. The quantitative estimate of drug-likeness (QED) is 0.748. The third-order valence-electron chi connectivity index (χ3n) is 2.35. The van der Waals surface area contributed by atoms with E-state index in [1.165, 1.54) is 0 Å². The van der Waals surface area contributed by atoms with Crippen molar-refractivity contribution in [2.75, 3.05) is 0 Å². The van der Waals surface area contributed by atoms with Gasteiger partial charge in [-0.2, -0.15) is 0 Å². The van der Waals surface area contributed by atoms with E-state index in [2.05, 4.69) is 6.92 Å². The molecular formula is C11H17NO. The van der Waals surface area contributed by atoms with Crippen LogP contribution in [0.25, 0.3) is 0 Å². The van der Waals surface area contributed by atoms with Crippen LogP contribution in [-0.4, -0.2) is 5.11 Å². The molecule has 0 aliphatic carbocycles. The lowest BCUT2D eigenvalue weighted by Crippen LogP contribution is -2.11. The van der Waals surface area contributed by atoms with E-state index in [0.717, 1.165) is 24.0 Å². The Kier molecular flexibility index (Phi) is 3.32. The Balaban J connectivity index is 2.93. The molecule has 0 spiro atoms. The summed E-state index contributed by atoms with van der Waals surface area (Å²) in [4.78, 5) is 0. The van der Waals surface area contributed by atoms with E-state index < -0.39 is 0 Å². The summed E-state index contributed by atoms with van der Waals surface area (Å²) in [7, 11) is 0. The van der Waals surface area contributed by atoms with Gasteiger partial charge in [0, 0.05) is 6.04 Å². The highest BCUT2D eigenvalue weighted by Gasteiger charge is 2.09. The van der Waals surface area contributed by atoms with Gasteiger partial charge in [-0.05, 0) is 30.5 Å². The smallest absolute Gasteiger partial charge is 0.118 e. The van der Waals surface area contributed by atoms with Crippen LogP contribution in [0, 0.1) is 6.92 Å². The molecule has 3 N–H and O–H groups in total. The van der Waals surface area contributed by atoms with Gasteiger partial charge >= 0.3 is 0 Å². The third-order valence-corrected chi connectivity index (χ3v) is 2.35. The Labute approximate surface area is 79.4 Å². The maximum Gasteiger partial charge on any atom is 0.118 e. The fourth-order valence-corrected chi connectivity index (χ4v) is 1.51. The van der Waals surface area contributed by atoms with E-state index in [0.29, 0.717) is 5.75 Å². The van der Waals surface area contributed by atoms with Crippen LogP contribution in [0.5, 0.6) is 5.75 Å². The van der Waals surface area contributed by atoms with Crippen molar-refractivity contribution < 1.29 is 5.11 Å². The number of phenolic OH excluding ortho intramolecular Hbond substituents is 1. The van der Waals surface area contributed by atoms with Crippen molar-refractivity contribution in [3.63, 3.8) is 0 Å². The molecule has 0 fully saturated rings. The Morgan fingerprint density at radius 3 is 2.77 bits per heavy atom. The normalized spacial score (nSPS) is 12.8. The standard InChI is InChI=1S/C11H17NO/c1-3-5-10(12)9-6-4-7-11(13)8(9)2/h4,6-7,10,13H,3,5,12H2,1-2H3. The zero-order chi connectivity index (χ0) is 9.84. The van der Waals surface area contributed by atoms with Gasteiger partial charge in [0.1, 0.15) is 5.75 Å². The second kappa shape index (κ2) is 4.28. The molecule has 0 aliphatic rings. The average molecular weight is 179 g/mol. The van der Waals surface area contributed by atoms with Crippen LogP contribution in [0.2, 0.25) is 0 Å². The first-order valence-electron chi connectivity index (χ1n) is 4.70. The highest BCUT2D eigenvalue weighted by molar-refractivity contribution is 5.39. The fraction of sp³-hybridized carbons (Fsp3) is 0.455. The summed E-state index contributed by atoms with van der Waals surface area (Å²) in [6.45, 7) is 4.01. The summed E-state index contributed by atoms with van der Waals surface area (Å²) < 4.78 is 0. The van der Waals surface area contributed by atoms with Crippen LogP contribution in [0.3, 0.4) is 0 Å². The van der Waals surface area contributed by atoms with Crippen molar-refractivity contribution in [1.29, 1.82) is 0 Å². The van der Waals surface area contributed by atoms with Crippen molar-refractivity contribution in [3.05, 3.63) is 29.3 Å². The Morgan fingerprint density at radius 2 is 2.15 bits per heavy atom. The average Bonchev–Trinajstić information content (AvgIpc) is 2.10. The van der Waals surface area contributed by atoms with Crippen LogP contribution in [0.15, 0.2) is 18.2 Å².